The fourth-order valence-electron chi connectivity index (χ4n) is 1.14. The Labute approximate surface area is 84.7 Å². The number of hydrogen-bond donors (Lipinski definition) is 0. The van der Waals surface area contributed by atoms with Crippen molar-refractivity contribution < 1.29 is 23.1 Å². The van der Waals surface area contributed by atoms with Crippen LogP contribution in [0.5, 0.6) is 0 Å². The van der Waals surface area contributed by atoms with E-state index in [4.69, 9.17) is 0 Å². The maximum Gasteiger partial charge on any atom is 0.343 e. The lowest BCUT2D eigenvalue weighted by Crippen LogP contribution is -2.08. The highest BCUT2D eigenvalue weighted by Gasteiger charge is 2.18. The Morgan fingerprint density at radius 3 is 2.33 bits per heavy atom. The van der Waals surface area contributed by atoms with Crippen LogP contribution in [-0.2, 0) is 16.0 Å². The van der Waals surface area contributed by atoms with Crippen LogP contribution in [-0.4, -0.2) is 19.4 Å². The second-order valence-electron chi connectivity index (χ2n) is 2.80. The lowest BCUT2D eigenvalue weighted by molar-refractivity contribution is -0.107. The Morgan fingerprint density at radius 1 is 1.40 bits per heavy atom. The number of halogens is 2. The van der Waals surface area contributed by atoms with Crippen LogP contribution in [0.1, 0.15) is 15.9 Å². The van der Waals surface area contributed by atoms with Crippen molar-refractivity contribution >= 4 is 12.3 Å². The fraction of sp³-hybridized carbons (Fsp3) is 0.200. The highest BCUT2D eigenvalue weighted by Crippen LogP contribution is 2.16. The molecule has 80 valence electrons. The SMILES string of the molecule is COC(=O)c1c(F)cc(CC=O)cc1F. The number of hydrogen-bond acceptors (Lipinski definition) is 3. The molecule has 0 bridgehead atoms. The van der Waals surface area contributed by atoms with E-state index < -0.39 is 23.2 Å². The van der Waals surface area contributed by atoms with Gasteiger partial charge in [0.1, 0.15) is 23.5 Å². The number of rotatable bonds is 3. The standard InChI is InChI=1S/C10H8F2O3/c1-15-10(14)9-7(11)4-6(2-3-13)5-8(9)12/h3-5H,2H2,1H3. The molecule has 0 saturated heterocycles. The number of carbonyl (C=O) groups is 2. The molecular formula is C10H8F2O3. The lowest BCUT2D eigenvalue weighted by atomic mass is 10.1. The van der Waals surface area contributed by atoms with Gasteiger partial charge in [-0.3, -0.25) is 0 Å². The summed E-state index contributed by atoms with van der Waals surface area (Å²) in [7, 11) is 1.03. The van der Waals surface area contributed by atoms with Crippen LogP contribution in [0.4, 0.5) is 8.78 Å². The molecule has 5 heteroatoms. The largest absolute Gasteiger partial charge is 0.465 e. The lowest BCUT2D eigenvalue weighted by Gasteiger charge is -2.04. The van der Waals surface area contributed by atoms with Gasteiger partial charge >= 0.3 is 5.97 Å². The quantitative estimate of drug-likeness (QED) is 0.565. The van der Waals surface area contributed by atoms with Crippen LogP contribution in [0, 0.1) is 11.6 Å². The number of esters is 1. The van der Waals surface area contributed by atoms with Gasteiger partial charge in [-0.1, -0.05) is 0 Å². The van der Waals surface area contributed by atoms with Gasteiger partial charge < -0.3 is 9.53 Å². The Balaban J connectivity index is 3.20. The molecule has 0 atom stereocenters. The van der Waals surface area contributed by atoms with Crippen molar-refractivity contribution in [1.29, 1.82) is 0 Å². The number of ether oxygens (including phenoxy) is 1. The van der Waals surface area contributed by atoms with Crippen molar-refractivity contribution in [3.05, 3.63) is 34.9 Å². The Kier molecular flexibility index (Phi) is 3.49. The van der Waals surface area contributed by atoms with E-state index in [9.17, 15) is 18.4 Å². The monoisotopic (exact) mass is 214 g/mol. The molecule has 1 aromatic carbocycles. The summed E-state index contributed by atoms with van der Waals surface area (Å²) in [6.45, 7) is 0. The highest BCUT2D eigenvalue weighted by molar-refractivity contribution is 5.90. The summed E-state index contributed by atoms with van der Waals surface area (Å²) in [6, 6.07) is 1.87. The molecule has 0 fully saturated rings. The van der Waals surface area contributed by atoms with Gasteiger partial charge in [-0.25, -0.2) is 13.6 Å². The second-order valence-corrected chi connectivity index (χ2v) is 2.80. The highest BCUT2D eigenvalue weighted by atomic mass is 19.1. The van der Waals surface area contributed by atoms with Crippen LogP contribution in [0.3, 0.4) is 0 Å². The fourth-order valence-corrected chi connectivity index (χ4v) is 1.14. The van der Waals surface area contributed by atoms with Gasteiger partial charge in [-0.2, -0.15) is 0 Å². The molecule has 0 aliphatic rings. The first-order valence-corrected chi connectivity index (χ1v) is 4.10. The van der Waals surface area contributed by atoms with Crippen molar-refractivity contribution in [3.8, 4) is 0 Å². The van der Waals surface area contributed by atoms with Gasteiger partial charge in [0.15, 0.2) is 0 Å². The summed E-state index contributed by atoms with van der Waals surface area (Å²) in [4.78, 5) is 21.1. The molecule has 0 aromatic heterocycles. The van der Waals surface area contributed by atoms with E-state index in [1.807, 2.05) is 0 Å². The van der Waals surface area contributed by atoms with Crippen LogP contribution in [0.15, 0.2) is 12.1 Å². The predicted octanol–water partition coefficient (Wildman–Crippen LogP) is 1.49. The average Bonchev–Trinajstić information content (AvgIpc) is 2.16. The molecule has 1 rings (SSSR count). The zero-order chi connectivity index (χ0) is 11.4. The minimum atomic E-state index is -1.08. The maximum atomic E-state index is 13.2. The zero-order valence-corrected chi connectivity index (χ0v) is 7.92. The summed E-state index contributed by atoms with van der Waals surface area (Å²) < 4.78 is 30.6. The molecule has 15 heavy (non-hydrogen) atoms. The van der Waals surface area contributed by atoms with Gasteiger partial charge in [0.25, 0.3) is 0 Å². The van der Waals surface area contributed by atoms with Gasteiger partial charge in [-0.05, 0) is 17.7 Å². The second kappa shape index (κ2) is 4.63. The van der Waals surface area contributed by atoms with Crippen molar-refractivity contribution in [1.82, 2.24) is 0 Å². The number of benzene rings is 1. The van der Waals surface area contributed by atoms with Crippen LogP contribution in [0.25, 0.3) is 0 Å². The van der Waals surface area contributed by atoms with E-state index in [0.29, 0.717) is 6.29 Å². The van der Waals surface area contributed by atoms with Gasteiger partial charge in [-0.15, -0.1) is 0 Å². The molecule has 0 aliphatic carbocycles. The molecule has 0 amide bonds. The van der Waals surface area contributed by atoms with E-state index >= 15 is 0 Å². The van der Waals surface area contributed by atoms with Crippen LogP contribution >= 0.6 is 0 Å². The Morgan fingerprint density at radius 2 is 1.93 bits per heavy atom. The number of carbonyl (C=O) groups excluding carboxylic acids is 2. The van der Waals surface area contributed by atoms with Gasteiger partial charge in [0, 0.05) is 6.42 Å². The van der Waals surface area contributed by atoms with Crippen LogP contribution in [0.2, 0.25) is 0 Å². The molecule has 0 radical (unpaired) electrons. The first-order valence-electron chi connectivity index (χ1n) is 4.10. The maximum absolute atomic E-state index is 13.2. The van der Waals surface area contributed by atoms with Gasteiger partial charge in [0.05, 0.1) is 7.11 Å². The minimum Gasteiger partial charge on any atom is -0.465 e. The molecule has 3 nitrogen and oxygen atoms in total. The molecule has 0 saturated carbocycles. The van der Waals surface area contributed by atoms with E-state index in [1.165, 1.54) is 0 Å². The topological polar surface area (TPSA) is 43.4 Å². The third-order valence-electron chi connectivity index (χ3n) is 1.81. The average molecular weight is 214 g/mol. The van der Waals surface area contributed by atoms with E-state index in [0.717, 1.165) is 19.2 Å². The van der Waals surface area contributed by atoms with Gasteiger partial charge in [0.2, 0.25) is 0 Å². The number of aldehydes is 1. The summed E-state index contributed by atoms with van der Waals surface area (Å²) in [5.74, 6) is -3.14. The van der Waals surface area contributed by atoms with E-state index in [1.54, 1.807) is 0 Å². The van der Waals surface area contributed by atoms with Crippen molar-refractivity contribution in [2.24, 2.45) is 0 Å². The summed E-state index contributed by atoms with van der Waals surface area (Å²) in [5, 5.41) is 0. The zero-order valence-electron chi connectivity index (χ0n) is 7.92. The summed E-state index contributed by atoms with van der Waals surface area (Å²) >= 11 is 0. The van der Waals surface area contributed by atoms with Crippen LogP contribution < -0.4 is 0 Å². The van der Waals surface area contributed by atoms with Crippen molar-refractivity contribution in [2.75, 3.05) is 7.11 Å². The summed E-state index contributed by atoms with van der Waals surface area (Å²) in [6.07, 6.45) is 0.418. The normalized spacial score (nSPS) is 9.80. The third kappa shape index (κ3) is 2.37. The Hall–Kier alpha value is -1.78. The molecule has 0 aliphatic heterocycles. The predicted molar refractivity (Wildman–Crippen MR) is 47.5 cm³/mol. The molecule has 0 heterocycles. The molecule has 0 spiro atoms. The molecule has 0 N–H and O–H groups in total. The smallest absolute Gasteiger partial charge is 0.343 e. The Bertz CT molecular complexity index is 379. The van der Waals surface area contributed by atoms with E-state index in [2.05, 4.69) is 4.74 Å². The minimum absolute atomic E-state index is 0.102. The molecule has 1 aromatic rings. The molecule has 0 unspecified atom stereocenters. The first-order chi connectivity index (χ1) is 7.10. The van der Waals surface area contributed by atoms with E-state index in [-0.39, 0.29) is 12.0 Å². The summed E-state index contributed by atoms with van der Waals surface area (Å²) in [5.41, 5.74) is -0.570. The third-order valence-corrected chi connectivity index (χ3v) is 1.81. The number of methoxy groups -OCH3 is 1. The first kappa shape index (κ1) is 11.3. The van der Waals surface area contributed by atoms with Crippen molar-refractivity contribution in [3.63, 3.8) is 0 Å². The molecular weight excluding hydrogens is 206 g/mol. The van der Waals surface area contributed by atoms with Crippen molar-refractivity contribution in [2.45, 2.75) is 6.42 Å².